The number of nitrogens with one attached hydrogen (secondary N) is 2. The molecule has 3 rings (SSSR count). The number of aromatic carboxylic acids is 1. The molecule has 5 nitrogen and oxygen atoms in total. The molecule has 0 aliphatic rings. The summed E-state index contributed by atoms with van der Waals surface area (Å²) in [5.74, 6) is -1.26. The van der Waals surface area contributed by atoms with Crippen LogP contribution in [0, 0.1) is 0 Å². The maximum atomic E-state index is 10.7. The molecule has 0 unspecified atom stereocenters. The van der Waals surface area contributed by atoms with Gasteiger partial charge in [0.05, 0.1) is 17.4 Å². The average Bonchev–Trinajstić information content (AvgIpc) is 2.95. The van der Waals surface area contributed by atoms with Crippen LogP contribution in [0.3, 0.4) is 0 Å². The van der Waals surface area contributed by atoms with Gasteiger partial charge in [-0.3, -0.25) is 5.10 Å². The third-order valence-electron chi connectivity index (χ3n) is 2.66. The number of fused-ring (bicyclic) bond motifs is 1. The van der Waals surface area contributed by atoms with Crippen molar-refractivity contribution >= 4 is 16.9 Å². The van der Waals surface area contributed by atoms with Gasteiger partial charge < -0.3 is 14.9 Å². The molecule has 0 amide bonds. The first-order valence-electron chi connectivity index (χ1n) is 5.09. The highest BCUT2D eigenvalue weighted by Crippen LogP contribution is 2.27. The van der Waals surface area contributed by atoms with Crippen LogP contribution < -0.4 is 5.11 Å². The van der Waals surface area contributed by atoms with Gasteiger partial charge in [0.1, 0.15) is 0 Å². The third-order valence-corrected chi connectivity index (χ3v) is 2.66. The molecule has 17 heavy (non-hydrogen) atoms. The number of H-pyrrole nitrogens is 2. The monoisotopic (exact) mass is 226 g/mol. The summed E-state index contributed by atoms with van der Waals surface area (Å²) in [5.41, 5.74) is 2.41. The van der Waals surface area contributed by atoms with Crippen LogP contribution in [0.4, 0.5) is 0 Å². The Balaban J connectivity index is 2.17. The van der Waals surface area contributed by atoms with E-state index in [-0.39, 0.29) is 5.69 Å². The topological polar surface area (TPSA) is 84.6 Å². The number of rotatable bonds is 2. The van der Waals surface area contributed by atoms with E-state index in [1.807, 2.05) is 24.3 Å². The quantitative estimate of drug-likeness (QED) is 0.681. The van der Waals surface area contributed by atoms with Crippen LogP contribution in [0.5, 0.6) is 0 Å². The van der Waals surface area contributed by atoms with Gasteiger partial charge in [-0.2, -0.15) is 5.10 Å². The maximum absolute atomic E-state index is 10.7. The van der Waals surface area contributed by atoms with Crippen LogP contribution >= 0.6 is 0 Å². The predicted molar refractivity (Wildman–Crippen MR) is 60.2 cm³/mol. The second kappa shape index (κ2) is 3.48. The number of carboxylic acid groups (broad SMARTS) is 1. The van der Waals surface area contributed by atoms with Gasteiger partial charge in [-0.15, -0.1) is 0 Å². The lowest BCUT2D eigenvalue weighted by atomic mass is 10.1. The number of benzene rings is 1. The van der Waals surface area contributed by atoms with E-state index in [0.717, 1.165) is 16.5 Å². The number of para-hydroxylation sites is 1. The molecule has 3 aromatic rings. The van der Waals surface area contributed by atoms with E-state index in [1.54, 1.807) is 6.20 Å². The molecule has 0 aliphatic heterocycles. The number of carboxylic acids is 1. The second-order valence-electron chi connectivity index (χ2n) is 3.70. The largest absolute Gasteiger partial charge is 0.543 e. The number of aromatic amines is 2. The van der Waals surface area contributed by atoms with Crippen molar-refractivity contribution in [2.24, 2.45) is 0 Å². The fraction of sp³-hybridized carbons (Fsp3) is 0. The molecular formula is C12H8N3O2-. The first kappa shape index (κ1) is 9.65. The fourth-order valence-corrected chi connectivity index (χ4v) is 1.85. The molecule has 2 N–H and O–H groups in total. The molecule has 2 aromatic heterocycles. The summed E-state index contributed by atoms with van der Waals surface area (Å²) >= 11 is 0. The SMILES string of the molecule is O=C([O-])c1cc(-c2c[nH]c3ccccc23)n[nH]1. The zero-order valence-electron chi connectivity index (χ0n) is 8.73. The van der Waals surface area contributed by atoms with Gasteiger partial charge >= 0.3 is 0 Å². The third kappa shape index (κ3) is 1.48. The predicted octanol–water partition coefficient (Wildman–Crippen LogP) is 0.921. The Morgan fingerprint density at radius 2 is 2.12 bits per heavy atom. The van der Waals surface area contributed by atoms with E-state index in [1.165, 1.54) is 6.07 Å². The standard InChI is InChI=1S/C12H9N3O2/c16-12(17)11-5-10(14-15-11)8-6-13-9-4-2-1-3-7(8)9/h1-6,13H,(H,14,15)(H,16,17)/p-1. The zero-order valence-corrected chi connectivity index (χ0v) is 8.73. The lowest BCUT2D eigenvalue weighted by Gasteiger charge is -1.93. The summed E-state index contributed by atoms with van der Waals surface area (Å²) in [5, 5.41) is 18.1. The van der Waals surface area contributed by atoms with E-state index < -0.39 is 5.97 Å². The van der Waals surface area contributed by atoms with Crippen molar-refractivity contribution in [1.29, 1.82) is 0 Å². The molecule has 0 atom stereocenters. The molecule has 0 saturated heterocycles. The Hall–Kier alpha value is -2.56. The lowest BCUT2D eigenvalue weighted by Crippen LogP contribution is -2.22. The summed E-state index contributed by atoms with van der Waals surface area (Å²) in [6, 6.07) is 9.22. The van der Waals surface area contributed by atoms with Crippen LogP contribution in [0.15, 0.2) is 36.5 Å². The molecule has 0 aliphatic carbocycles. The molecule has 0 saturated carbocycles. The van der Waals surface area contributed by atoms with E-state index in [9.17, 15) is 9.90 Å². The minimum atomic E-state index is -1.26. The maximum Gasteiger partial charge on any atom is 0.0949 e. The highest BCUT2D eigenvalue weighted by molar-refractivity contribution is 5.95. The molecule has 0 spiro atoms. The Morgan fingerprint density at radius 3 is 2.88 bits per heavy atom. The van der Waals surface area contributed by atoms with Gasteiger partial charge in [0, 0.05) is 22.7 Å². The lowest BCUT2D eigenvalue weighted by molar-refractivity contribution is -0.255. The van der Waals surface area contributed by atoms with Crippen LogP contribution in [0.1, 0.15) is 10.5 Å². The average molecular weight is 226 g/mol. The van der Waals surface area contributed by atoms with Crippen LogP contribution in [0.2, 0.25) is 0 Å². The van der Waals surface area contributed by atoms with Crippen molar-refractivity contribution in [2.45, 2.75) is 0 Å². The first-order chi connectivity index (χ1) is 8.25. The molecule has 2 heterocycles. The molecule has 0 radical (unpaired) electrons. The Labute approximate surface area is 96.1 Å². The van der Waals surface area contributed by atoms with Crippen molar-refractivity contribution in [1.82, 2.24) is 15.2 Å². The molecule has 84 valence electrons. The molecular weight excluding hydrogens is 218 g/mol. The Kier molecular flexibility index (Phi) is 1.98. The van der Waals surface area contributed by atoms with Gasteiger partial charge in [-0.05, 0) is 12.1 Å². The van der Waals surface area contributed by atoms with Crippen LogP contribution in [-0.2, 0) is 0 Å². The smallest absolute Gasteiger partial charge is 0.0949 e. The van der Waals surface area contributed by atoms with E-state index in [0.29, 0.717) is 5.69 Å². The normalized spacial score (nSPS) is 10.8. The number of hydrogen-bond acceptors (Lipinski definition) is 3. The second-order valence-corrected chi connectivity index (χ2v) is 3.70. The van der Waals surface area contributed by atoms with Gasteiger partial charge in [0.15, 0.2) is 0 Å². The fourth-order valence-electron chi connectivity index (χ4n) is 1.85. The summed E-state index contributed by atoms with van der Waals surface area (Å²) in [6.45, 7) is 0. The Morgan fingerprint density at radius 1 is 1.29 bits per heavy atom. The van der Waals surface area contributed by atoms with Crippen molar-refractivity contribution in [3.63, 3.8) is 0 Å². The molecule has 0 fully saturated rings. The van der Waals surface area contributed by atoms with Gasteiger partial charge in [0.25, 0.3) is 0 Å². The minimum absolute atomic E-state index is 0.0229. The zero-order chi connectivity index (χ0) is 11.8. The summed E-state index contributed by atoms with van der Waals surface area (Å²) in [7, 11) is 0. The van der Waals surface area contributed by atoms with Crippen molar-refractivity contribution in [2.75, 3.05) is 0 Å². The van der Waals surface area contributed by atoms with Crippen LogP contribution in [-0.4, -0.2) is 21.2 Å². The number of carbonyl (C=O) groups is 1. The van der Waals surface area contributed by atoms with E-state index in [2.05, 4.69) is 15.2 Å². The van der Waals surface area contributed by atoms with Gasteiger partial charge in [-0.25, -0.2) is 0 Å². The summed E-state index contributed by atoms with van der Waals surface area (Å²) in [4.78, 5) is 13.8. The van der Waals surface area contributed by atoms with Crippen LogP contribution in [0.25, 0.3) is 22.2 Å². The highest BCUT2D eigenvalue weighted by atomic mass is 16.4. The first-order valence-corrected chi connectivity index (χ1v) is 5.09. The van der Waals surface area contributed by atoms with Gasteiger partial charge in [0.2, 0.25) is 0 Å². The van der Waals surface area contributed by atoms with E-state index in [4.69, 9.17) is 0 Å². The van der Waals surface area contributed by atoms with Crippen molar-refractivity contribution in [3.05, 3.63) is 42.2 Å². The molecule has 0 bridgehead atoms. The molecule has 5 heteroatoms. The number of aromatic nitrogens is 3. The highest BCUT2D eigenvalue weighted by Gasteiger charge is 2.09. The van der Waals surface area contributed by atoms with Gasteiger partial charge in [-0.1, -0.05) is 18.2 Å². The minimum Gasteiger partial charge on any atom is -0.543 e. The number of hydrogen-bond donors (Lipinski definition) is 2. The Bertz CT molecular complexity index is 696. The van der Waals surface area contributed by atoms with Crippen molar-refractivity contribution in [3.8, 4) is 11.3 Å². The molecule has 1 aromatic carbocycles. The van der Waals surface area contributed by atoms with E-state index >= 15 is 0 Å². The number of carbonyl (C=O) groups excluding carboxylic acids is 1. The summed E-state index contributed by atoms with van der Waals surface area (Å²) in [6.07, 6.45) is 1.81. The summed E-state index contributed by atoms with van der Waals surface area (Å²) < 4.78 is 0. The van der Waals surface area contributed by atoms with Crippen molar-refractivity contribution < 1.29 is 9.90 Å². The number of nitrogens with zero attached hydrogens (tertiary/aromatic N) is 1.